The zero-order chi connectivity index (χ0) is 16.0. The SMILES string of the molecule is CCCNc1ccc(C(F)(F)F)cc1C(=O)NCC(N)=O. The summed E-state index contributed by atoms with van der Waals surface area (Å²) < 4.78 is 38.1. The number of carbonyl (C=O) groups is 2. The molecule has 0 saturated heterocycles. The molecule has 0 fully saturated rings. The topological polar surface area (TPSA) is 84.2 Å². The molecule has 0 atom stereocenters. The number of hydrogen-bond acceptors (Lipinski definition) is 3. The molecule has 0 heterocycles. The third-order valence-electron chi connectivity index (χ3n) is 2.58. The van der Waals surface area contributed by atoms with Gasteiger partial charge in [-0.05, 0) is 24.6 Å². The summed E-state index contributed by atoms with van der Waals surface area (Å²) in [4.78, 5) is 22.5. The van der Waals surface area contributed by atoms with Crippen molar-refractivity contribution in [3.05, 3.63) is 29.3 Å². The lowest BCUT2D eigenvalue weighted by Crippen LogP contribution is -2.33. The zero-order valence-electron chi connectivity index (χ0n) is 11.4. The van der Waals surface area contributed by atoms with Crippen LogP contribution in [0.5, 0.6) is 0 Å². The molecule has 8 heteroatoms. The highest BCUT2D eigenvalue weighted by atomic mass is 19.4. The summed E-state index contributed by atoms with van der Waals surface area (Å²) in [5.74, 6) is -1.57. The van der Waals surface area contributed by atoms with Crippen molar-refractivity contribution in [2.24, 2.45) is 5.73 Å². The van der Waals surface area contributed by atoms with E-state index >= 15 is 0 Å². The van der Waals surface area contributed by atoms with Crippen molar-refractivity contribution in [2.45, 2.75) is 19.5 Å². The van der Waals surface area contributed by atoms with Crippen LogP contribution in [0.1, 0.15) is 29.3 Å². The quantitative estimate of drug-likeness (QED) is 0.748. The summed E-state index contributed by atoms with van der Waals surface area (Å²) in [6.07, 6.45) is -3.81. The van der Waals surface area contributed by atoms with Crippen molar-refractivity contribution in [1.29, 1.82) is 0 Å². The Hall–Kier alpha value is -2.25. The van der Waals surface area contributed by atoms with Gasteiger partial charge in [0.05, 0.1) is 17.7 Å². The van der Waals surface area contributed by atoms with Crippen LogP contribution in [0.25, 0.3) is 0 Å². The number of hydrogen-bond donors (Lipinski definition) is 3. The maximum Gasteiger partial charge on any atom is 0.416 e. The van der Waals surface area contributed by atoms with Gasteiger partial charge >= 0.3 is 6.18 Å². The van der Waals surface area contributed by atoms with Crippen LogP contribution in [0.15, 0.2) is 18.2 Å². The first-order valence-corrected chi connectivity index (χ1v) is 6.27. The van der Waals surface area contributed by atoms with Crippen LogP contribution in [-0.4, -0.2) is 24.9 Å². The molecule has 4 N–H and O–H groups in total. The van der Waals surface area contributed by atoms with Crippen LogP contribution in [0, 0.1) is 0 Å². The first-order chi connectivity index (χ1) is 9.75. The van der Waals surface area contributed by atoms with Crippen molar-refractivity contribution in [3.63, 3.8) is 0 Å². The second kappa shape index (κ2) is 6.96. The lowest BCUT2D eigenvalue weighted by molar-refractivity contribution is -0.137. The summed E-state index contributed by atoms with van der Waals surface area (Å²) in [6.45, 7) is 1.94. The number of nitrogens with two attached hydrogens (primary N) is 1. The van der Waals surface area contributed by atoms with Gasteiger partial charge in [-0.15, -0.1) is 0 Å². The number of rotatable bonds is 6. The summed E-state index contributed by atoms with van der Waals surface area (Å²) in [6, 6.07) is 2.83. The van der Waals surface area contributed by atoms with Gasteiger partial charge < -0.3 is 16.4 Å². The maximum atomic E-state index is 12.7. The van der Waals surface area contributed by atoms with Gasteiger partial charge in [0.2, 0.25) is 5.91 Å². The van der Waals surface area contributed by atoms with Crippen LogP contribution in [0.2, 0.25) is 0 Å². The van der Waals surface area contributed by atoms with E-state index < -0.39 is 30.1 Å². The molecular weight excluding hydrogens is 287 g/mol. The van der Waals surface area contributed by atoms with Gasteiger partial charge in [-0.1, -0.05) is 6.92 Å². The Morgan fingerprint density at radius 3 is 2.48 bits per heavy atom. The van der Waals surface area contributed by atoms with Gasteiger partial charge in [-0.3, -0.25) is 9.59 Å². The van der Waals surface area contributed by atoms with E-state index in [1.54, 1.807) is 0 Å². The van der Waals surface area contributed by atoms with E-state index in [0.717, 1.165) is 18.6 Å². The number of amides is 2. The third-order valence-corrected chi connectivity index (χ3v) is 2.58. The first kappa shape index (κ1) is 16.8. The molecule has 0 saturated carbocycles. The van der Waals surface area contributed by atoms with E-state index in [-0.39, 0.29) is 11.3 Å². The number of halogens is 3. The van der Waals surface area contributed by atoms with Crippen LogP contribution in [0.3, 0.4) is 0 Å². The van der Waals surface area contributed by atoms with Crippen molar-refractivity contribution in [3.8, 4) is 0 Å². The molecule has 1 rings (SSSR count). The van der Waals surface area contributed by atoms with Gasteiger partial charge in [0, 0.05) is 12.2 Å². The number of anilines is 1. The smallest absolute Gasteiger partial charge is 0.384 e. The van der Waals surface area contributed by atoms with Gasteiger partial charge in [0.25, 0.3) is 5.91 Å². The normalized spacial score (nSPS) is 11.0. The van der Waals surface area contributed by atoms with E-state index in [4.69, 9.17) is 5.73 Å². The Morgan fingerprint density at radius 1 is 1.29 bits per heavy atom. The minimum atomic E-state index is -4.55. The minimum Gasteiger partial charge on any atom is -0.384 e. The van der Waals surface area contributed by atoms with Crippen molar-refractivity contribution in [2.75, 3.05) is 18.4 Å². The van der Waals surface area contributed by atoms with E-state index in [9.17, 15) is 22.8 Å². The highest BCUT2D eigenvalue weighted by Gasteiger charge is 2.31. The van der Waals surface area contributed by atoms with E-state index in [1.807, 2.05) is 6.92 Å². The summed E-state index contributed by atoms with van der Waals surface area (Å²) in [7, 11) is 0. The second-order valence-corrected chi connectivity index (χ2v) is 4.33. The summed E-state index contributed by atoms with van der Waals surface area (Å²) >= 11 is 0. The molecule has 0 aromatic heterocycles. The highest BCUT2D eigenvalue weighted by Crippen LogP contribution is 2.31. The number of carbonyl (C=O) groups excluding carboxylic acids is 2. The number of nitrogens with one attached hydrogen (secondary N) is 2. The Balaban J connectivity index is 3.09. The number of benzene rings is 1. The second-order valence-electron chi connectivity index (χ2n) is 4.33. The molecule has 1 aromatic carbocycles. The molecule has 0 aliphatic carbocycles. The van der Waals surface area contributed by atoms with Crippen LogP contribution < -0.4 is 16.4 Å². The first-order valence-electron chi connectivity index (χ1n) is 6.27. The molecule has 0 aliphatic heterocycles. The predicted octanol–water partition coefficient (Wildman–Crippen LogP) is 1.74. The highest BCUT2D eigenvalue weighted by molar-refractivity contribution is 6.01. The fraction of sp³-hybridized carbons (Fsp3) is 0.385. The van der Waals surface area contributed by atoms with Crippen LogP contribution in [-0.2, 0) is 11.0 Å². The van der Waals surface area contributed by atoms with Crippen molar-refractivity contribution < 1.29 is 22.8 Å². The molecule has 5 nitrogen and oxygen atoms in total. The monoisotopic (exact) mass is 303 g/mol. The van der Waals surface area contributed by atoms with Gasteiger partial charge in [-0.2, -0.15) is 13.2 Å². The van der Waals surface area contributed by atoms with Gasteiger partial charge in [0.15, 0.2) is 0 Å². The lowest BCUT2D eigenvalue weighted by atomic mass is 10.1. The van der Waals surface area contributed by atoms with Crippen LogP contribution in [0.4, 0.5) is 18.9 Å². The molecule has 0 bridgehead atoms. The fourth-order valence-corrected chi connectivity index (χ4v) is 1.58. The zero-order valence-corrected chi connectivity index (χ0v) is 11.4. The number of alkyl halides is 3. The molecule has 0 unspecified atom stereocenters. The van der Waals surface area contributed by atoms with Gasteiger partial charge in [-0.25, -0.2) is 0 Å². The fourth-order valence-electron chi connectivity index (χ4n) is 1.58. The standard InChI is InChI=1S/C13H16F3N3O2/c1-2-5-18-10-4-3-8(13(14,15)16)6-9(10)12(21)19-7-11(17)20/h3-4,6,18H,2,5,7H2,1H3,(H2,17,20)(H,19,21). The Bertz CT molecular complexity index is 530. The lowest BCUT2D eigenvalue weighted by Gasteiger charge is -2.14. The molecule has 0 radical (unpaired) electrons. The van der Waals surface area contributed by atoms with Crippen LogP contribution >= 0.6 is 0 Å². The summed E-state index contributed by atoms with van der Waals surface area (Å²) in [5.41, 5.74) is 4.04. The van der Waals surface area contributed by atoms with Crippen molar-refractivity contribution >= 4 is 17.5 Å². The van der Waals surface area contributed by atoms with E-state index in [2.05, 4.69) is 10.6 Å². The Morgan fingerprint density at radius 2 is 1.95 bits per heavy atom. The average molecular weight is 303 g/mol. The third kappa shape index (κ3) is 4.97. The Kier molecular flexibility index (Phi) is 5.57. The van der Waals surface area contributed by atoms with Crippen molar-refractivity contribution in [1.82, 2.24) is 5.32 Å². The number of primary amides is 1. The van der Waals surface area contributed by atoms with E-state index in [0.29, 0.717) is 6.54 Å². The largest absolute Gasteiger partial charge is 0.416 e. The molecular formula is C13H16F3N3O2. The molecule has 21 heavy (non-hydrogen) atoms. The molecule has 2 amide bonds. The molecule has 0 aliphatic rings. The molecule has 1 aromatic rings. The Labute approximate surface area is 119 Å². The average Bonchev–Trinajstić information content (AvgIpc) is 2.41. The maximum absolute atomic E-state index is 12.7. The summed E-state index contributed by atoms with van der Waals surface area (Å²) in [5, 5.41) is 5.04. The van der Waals surface area contributed by atoms with Gasteiger partial charge in [0.1, 0.15) is 0 Å². The van der Waals surface area contributed by atoms with E-state index in [1.165, 1.54) is 6.07 Å². The molecule has 116 valence electrons. The molecule has 0 spiro atoms. The predicted molar refractivity (Wildman–Crippen MR) is 71.8 cm³/mol. The minimum absolute atomic E-state index is 0.181.